The third-order valence-corrected chi connectivity index (χ3v) is 2.85. The van der Waals surface area contributed by atoms with E-state index in [2.05, 4.69) is 36.7 Å². The van der Waals surface area contributed by atoms with Crippen LogP contribution in [0.2, 0.25) is 5.02 Å². The second-order valence-corrected chi connectivity index (χ2v) is 3.83. The van der Waals surface area contributed by atoms with Gasteiger partial charge in [-0.05, 0) is 31.5 Å². The Morgan fingerprint density at radius 2 is 2.07 bits per heavy atom. The van der Waals surface area contributed by atoms with Crippen LogP contribution >= 0.6 is 11.6 Å². The molecule has 72 valence electrons. The van der Waals surface area contributed by atoms with Crippen LogP contribution in [0.1, 0.15) is 12.5 Å². The van der Waals surface area contributed by atoms with Crippen LogP contribution in [0.3, 0.4) is 0 Å². The van der Waals surface area contributed by atoms with Crippen molar-refractivity contribution in [2.45, 2.75) is 20.4 Å². The monoisotopic (exact) mass is 206 g/mol. The molecule has 2 heteroatoms. The summed E-state index contributed by atoms with van der Waals surface area (Å²) in [6.45, 7) is 5.18. The Kier molecular flexibility index (Phi) is 2.42. The van der Waals surface area contributed by atoms with Gasteiger partial charge in [-0.15, -0.1) is 0 Å². The first-order valence-electron chi connectivity index (χ1n) is 4.81. The molecule has 1 aromatic carbocycles. The zero-order valence-electron chi connectivity index (χ0n) is 8.42. The molecule has 0 amide bonds. The number of benzene rings is 1. The fourth-order valence-corrected chi connectivity index (χ4v) is 2.04. The van der Waals surface area contributed by atoms with E-state index in [1.54, 1.807) is 0 Å². The summed E-state index contributed by atoms with van der Waals surface area (Å²) in [7, 11) is 0. The number of aryl methyl sites for hydroxylation is 2. The lowest BCUT2D eigenvalue weighted by Crippen LogP contribution is -2.33. The number of para-hydroxylation sites is 1. The topological polar surface area (TPSA) is 3.88 Å². The van der Waals surface area contributed by atoms with Gasteiger partial charge in [-0.2, -0.15) is 4.57 Å². The number of pyridine rings is 1. The van der Waals surface area contributed by atoms with E-state index in [1.807, 2.05) is 12.1 Å². The first kappa shape index (κ1) is 9.47. The van der Waals surface area contributed by atoms with Crippen LogP contribution in [0, 0.1) is 6.92 Å². The summed E-state index contributed by atoms with van der Waals surface area (Å²) >= 11 is 6.19. The van der Waals surface area contributed by atoms with E-state index < -0.39 is 0 Å². The second-order valence-electron chi connectivity index (χ2n) is 3.42. The van der Waals surface area contributed by atoms with Crippen LogP contribution in [0.5, 0.6) is 0 Å². The summed E-state index contributed by atoms with van der Waals surface area (Å²) < 4.78 is 2.17. The van der Waals surface area contributed by atoms with Crippen LogP contribution < -0.4 is 4.57 Å². The maximum Gasteiger partial charge on any atom is 0.231 e. The second kappa shape index (κ2) is 3.58. The molecule has 1 aromatic heterocycles. The van der Waals surface area contributed by atoms with Crippen LogP contribution in [0.4, 0.5) is 0 Å². The zero-order chi connectivity index (χ0) is 10.1. The Hall–Kier alpha value is -1.08. The van der Waals surface area contributed by atoms with Crippen molar-refractivity contribution in [3.05, 3.63) is 41.0 Å². The molecular formula is C12H13ClN+. The third-order valence-electron chi connectivity index (χ3n) is 2.54. The largest absolute Gasteiger partial charge is 0.231 e. The molecule has 0 aliphatic heterocycles. The molecule has 1 heterocycles. The maximum absolute atomic E-state index is 6.19. The molecule has 0 N–H and O–H groups in total. The van der Waals surface area contributed by atoms with Gasteiger partial charge in [-0.25, -0.2) is 0 Å². The van der Waals surface area contributed by atoms with Gasteiger partial charge in [0.2, 0.25) is 5.52 Å². The highest BCUT2D eigenvalue weighted by atomic mass is 35.5. The number of aromatic nitrogens is 1. The standard InChI is InChI=1S/C12H13ClN/c1-3-14-8-7-9(2)10-5-4-6-11(13)12(10)14/h4-8H,3H2,1-2H3/q+1. The highest BCUT2D eigenvalue weighted by molar-refractivity contribution is 6.34. The molecule has 0 aliphatic carbocycles. The Morgan fingerprint density at radius 1 is 1.29 bits per heavy atom. The number of hydrogen-bond donors (Lipinski definition) is 0. The van der Waals surface area contributed by atoms with Gasteiger partial charge in [0.1, 0.15) is 11.6 Å². The van der Waals surface area contributed by atoms with Gasteiger partial charge in [0, 0.05) is 6.07 Å². The van der Waals surface area contributed by atoms with Crippen LogP contribution in [0.25, 0.3) is 10.9 Å². The molecule has 0 radical (unpaired) electrons. The average molecular weight is 207 g/mol. The molecular weight excluding hydrogens is 194 g/mol. The molecule has 2 aromatic rings. The molecule has 0 bridgehead atoms. The lowest BCUT2D eigenvalue weighted by atomic mass is 10.1. The molecule has 1 nitrogen and oxygen atoms in total. The maximum atomic E-state index is 6.19. The third kappa shape index (κ3) is 1.38. The van der Waals surface area contributed by atoms with Crippen molar-refractivity contribution in [2.24, 2.45) is 0 Å². The lowest BCUT2D eigenvalue weighted by molar-refractivity contribution is -0.667. The van der Waals surface area contributed by atoms with Gasteiger partial charge in [0.05, 0.1) is 5.39 Å². The van der Waals surface area contributed by atoms with Gasteiger partial charge in [0.25, 0.3) is 0 Å². The summed E-state index contributed by atoms with van der Waals surface area (Å²) in [6.07, 6.45) is 2.09. The Labute approximate surface area is 88.9 Å². The Morgan fingerprint density at radius 3 is 2.79 bits per heavy atom. The predicted octanol–water partition coefficient (Wildman–Crippen LogP) is 3.11. The van der Waals surface area contributed by atoms with Gasteiger partial charge in [-0.1, -0.05) is 17.7 Å². The molecule has 2 rings (SSSR count). The fourth-order valence-electron chi connectivity index (χ4n) is 1.76. The summed E-state index contributed by atoms with van der Waals surface area (Å²) in [5.74, 6) is 0. The highest BCUT2D eigenvalue weighted by Gasteiger charge is 2.12. The minimum atomic E-state index is 0.827. The lowest BCUT2D eigenvalue weighted by Gasteiger charge is -2.02. The minimum absolute atomic E-state index is 0.827. The van der Waals surface area contributed by atoms with E-state index in [1.165, 1.54) is 10.9 Å². The number of halogens is 1. The van der Waals surface area contributed by atoms with Gasteiger partial charge in [0.15, 0.2) is 6.20 Å². The van der Waals surface area contributed by atoms with E-state index >= 15 is 0 Å². The summed E-state index contributed by atoms with van der Waals surface area (Å²) in [4.78, 5) is 0. The van der Waals surface area contributed by atoms with Crippen molar-refractivity contribution in [1.29, 1.82) is 0 Å². The summed E-state index contributed by atoms with van der Waals surface area (Å²) in [6, 6.07) is 8.18. The van der Waals surface area contributed by atoms with Crippen LogP contribution in [-0.4, -0.2) is 0 Å². The first-order valence-corrected chi connectivity index (χ1v) is 5.19. The quantitative estimate of drug-likeness (QED) is 0.632. The fraction of sp³-hybridized carbons (Fsp3) is 0.250. The van der Waals surface area contributed by atoms with Crippen molar-refractivity contribution in [3.63, 3.8) is 0 Å². The smallest absolute Gasteiger partial charge is 0.197 e. The molecule has 0 saturated carbocycles. The summed E-state index contributed by atoms with van der Waals surface area (Å²) in [5, 5.41) is 2.06. The highest BCUT2D eigenvalue weighted by Crippen LogP contribution is 2.22. The van der Waals surface area contributed by atoms with E-state index in [0.29, 0.717) is 0 Å². The van der Waals surface area contributed by atoms with Gasteiger partial charge >= 0.3 is 0 Å². The number of rotatable bonds is 1. The zero-order valence-corrected chi connectivity index (χ0v) is 9.17. The van der Waals surface area contributed by atoms with E-state index in [-0.39, 0.29) is 0 Å². The van der Waals surface area contributed by atoms with E-state index in [0.717, 1.165) is 17.1 Å². The minimum Gasteiger partial charge on any atom is -0.197 e. The Bertz CT molecular complexity index is 477. The van der Waals surface area contributed by atoms with Crippen molar-refractivity contribution >= 4 is 22.5 Å². The number of nitrogens with zero attached hydrogens (tertiary/aromatic N) is 1. The molecule has 0 aliphatic rings. The Balaban J connectivity index is 2.92. The molecule has 0 saturated heterocycles. The molecule has 0 fully saturated rings. The molecule has 0 unspecified atom stereocenters. The van der Waals surface area contributed by atoms with Crippen LogP contribution in [-0.2, 0) is 6.54 Å². The predicted molar refractivity (Wildman–Crippen MR) is 59.6 cm³/mol. The van der Waals surface area contributed by atoms with Crippen molar-refractivity contribution in [1.82, 2.24) is 0 Å². The van der Waals surface area contributed by atoms with E-state index in [9.17, 15) is 0 Å². The van der Waals surface area contributed by atoms with Crippen molar-refractivity contribution in [2.75, 3.05) is 0 Å². The van der Waals surface area contributed by atoms with Crippen molar-refractivity contribution < 1.29 is 4.57 Å². The number of fused-ring (bicyclic) bond motifs is 1. The molecule has 14 heavy (non-hydrogen) atoms. The summed E-state index contributed by atoms with van der Waals surface area (Å²) in [5.41, 5.74) is 2.41. The normalized spacial score (nSPS) is 10.8. The van der Waals surface area contributed by atoms with Gasteiger partial charge < -0.3 is 0 Å². The average Bonchev–Trinajstić information content (AvgIpc) is 2.20. The van der Waals surface area contributed by atoms with Gasteiger partial charge in [-0.3, -0.25) is 0 Å². The molecule has 0 spiro atoms. The van der Waals surface area contributed by atoms with Crippen LogP contribution in [0.15, 0.2) is 30.5 Å². The first-order chi connectivity index (χ1) is 6.74. The SMILES string of the molecule is CC[n+]1ccc(C)c2cccc(Cl)c21. The molecule has 0 atom stereocenters. The van der Waals surface area contributed by atoms with Crippen molar-refractivity contribution in [3.8, 4) is 0 Å². The van der Waals surface area contributed by atoms with E-state index in [4.69, 9.17) is 11.6 Å². The number of hydrogen-bond acceptors (Lipinski definition) is 0.